The molecular weight excluding hydrogens is 288 g/mol. The van der Waals surface area contributed by atoms with Gasteiger partial charge in [-0.05, 0) is 63.4 Å². The molecule has 0 spiro atoms. The van der Waals surface area contributed by atoms with Crippen LogP contribution in [-0.4, -0.2) is 0 Å². The summed E-state index contributed by atoms with van der Waals surface area (Å²) in [6.45, 7) is 2.25. The largest absolute Gasteiger partial charge is 0.0651 e. The maximum absolute atomic E-state index is 2.40. The molecule has 0 fully saturated rings. The number of aryl methyl sites for hydroxylation is 2. The van der Waals surface area contributed by atoms with Crippen molar-refractivity contribution in [2.24, 2.45) is 0 Å². The highest BCUT2D eigenvalue weighted by Crippen LogP contribution is 2.41. The summed E-state index contributed by atoms with van der Waals surface area (Å²) in [5, 5.41) is 2.93. The van der Waals surface area contributed by atoms with Crippen LogP contribution in [-0.2, 0) is 12.8 Å². The molecule has 0 aromatic heterocycles. The van der Waals surface area contributed by atoms with Crippen LogP contribution in [0.1, 0.15) is 42.0 Å². The van der Waals surface area contributed by atoms with Gasteiger partial charge in [0.1, 0.15) is 0 Å². The van der Waals surface area contributed by atoms with Gasteiger partial charge in [0.15, 0.2) is 0 Å². The molecule has 0 N–H and O–H groups in total. The monoisotopic (exact) mass is 309 g/mol. The van der Waals surface area contributed by atoms with Crippen LogP contribution in [0.15, 0.2) is 54.1 Å². The molecule has 2 aliphatic rings. The number of fused-ring (bicyclic) bond motifs is 1. The van der Waals surface area contributed by atoms with Crippen molar-refractivity contribution < 1.29 is 0 Å². The summed E-state index contributed by atoms with van der Waals surface area (Å²) >= 11 is 0. The van der Waals surface area contributed by atoms with E-state index in [1.807, 2.05) is 0 Å². The first-order valence-electron chi connectivity index (χ1n) is 9.07. The van der Waals surface area contributed by atoms with E-state index in [4.69, 9.17) is 0 Å². The lowest BCUT2D eigenvalue weighted by Crippen LogP contribution is -1.89. The third kappa shape index (κ3) is 1.99. The lowest BCUT2D eigenvalue weighted by molar-refractivity contribution is 0.924. The predicted molar refractivity (Wildman–Crippen MR) is 103 cm³/mol. The van der Waals surface area contributed by atoms with Gasteiger partial charge in [0, 0.05) is 6.42 Å². The second-order valence-corrected chi connectivity index (χ2v) is 7.03. The Morgan fingerprint density at radius 3 is 2.54 bits per heavy atom. The van der Waals surface area contributed by atoms with Gasteiger partial charge in [-0.25, -0.2) is 0 Å². The quantitative estimate of drug-likeness (QED) is 0.528. The number of benzene rings is 3. The Hall–Kier alpha value is -2.34. The van der Waals surface area contributed by atoms with Gasteiger partial charge in [0.25, 0.3) is 0 Å². The third-order valence-corrected chi connectivity index (χ3v) is 5.52. The summed E-state index contributed by atoms with van der Waals surface area (Å²) in [5.41, 5.74) is 10.0. The average Bonchev–Trinajstić information content (AvgIpc) is 3.21. The average molecular weight is 309 g/mol. The summed E-state index contributed by atoms with van der Waals surface area (Å²) in [6, 6.07) is 18.3. The third-order valence-electron chi connectivity index (χ3n) is 5.52. The van der Waals surface area contributed by atoms with Crippen molar-refractivity contribution in [2.75, 3.05) is 0 Å². The Morgan fingerprint density at radius 1 is 0.833 bits per heavy atom. The molecule has 0 saturated heterocycles. The zero-order chi connectivity index (χ0) is 16.1. The molecule has 3 aromatic carbocycles. The van der Waals surface area contributed by atoms with Crippen molar-refractivity contribution in [3.63, 3.8) is 0 Å². The highest BCUT2D eigenvalue weighted by Gasteiger charge is 2.20. The van der Waals surface area contributed by atoms with Crippen molar-refractivity contribution in [3.05, 3.63) is 82.8 Å². The fraction of sp³-hybridized carbons (Fsp3) is 0.208. The normalized spacial score (nSPS) is 15.0. The number of hydrogen-bond donors (Lipinski definition) is 0. The van der Waals surface area contributed by atoms with Crippen LogP contribution in [0.3, 0.4) is 0 Å². The zero-order valence-electron chi connectivity index (χ0n) is 14.1. The summed E-state index contributed by atoms with van der Waals surface area (Å²) < 4.78 is 0. The maximum Gasteiger partial charge on any atom is 0.0164 e. The van der Waals surface area contributed by atoms with E-state index in [0.717, 1.165) is 6.42 Å². The standard InChI is InChI=1S/C24H21/c1-2-5-16-14-19-7-4-8-20(23(19)15-16)21-13-12-18-11-10-17-6-3-9-22(21)24(17)18/h3-4,6-9,12-15H,2,5,10-11H2,1H3. The van der Waals surface area contributed by atoms with Crippen LogP contribution < -0.4 is 0 Å². The second kappa shape index (κ2) is 5.34. The highest BCUT2D eigenvalue weighted by molar-refractivity contribution is 6.03. The first-order chi connectivity index (χ1) is 11.8. The molecule has 0 nitrogen and oxygen atoms in total. The number of allylic oxidation sites excluding steroid dienone is 1. The predicted octanol–water partition coefficient (Wildman–Crippen LogP) is 6.35. The highest BCUT2D eigenvalue weighted by atomic mass is 14.2. The van der Waals surface area contributed by atoms with Crippen molar-refractivity contribution >= 4 is 16.8 Å². The summed E-state index contributed by atoms with van der Waals surface area (Å²) in [7, 11) is 0. The Balaban J connectivity index is 1.75. The van der Waals surface area contributed by atoms with E-state index in [1.54, 1.807) is 0 Å². The Labute approximate surface area is 143 Å². The van der Waals surface area contributed by atoms with Gasteiger partial charge in [-0.15, -0.1) is 0 Å². The summed E-state index contributed by atoms with van der Waals surface area (Å²) in [6.07, 6.45) is 9.51. The lowest BCUT2D eigenvalue weighted by atomic mass is 9.91. The molecule has 3 aromatic rings. The number of hydrogen-bond acceptors (Lipinski definition) is 0. The molecule has 24 heavy (non-hydrogen) atoms. The summed E-state index contributed by atoms with van der Waals surface area (Å²) in [5.74, 6) is 0. The van der Waals surface area contributed by atoms with Gasteiger partial charge >= 0.3 is 0 Å². The van der Waals surface area contributed by atoms with Crippen molar-refractivity contribution in [3.8, 4) is 11.1 Å². The van der Waals surface area contributed by atoms with Gasteiger partial charge in [-0.3, -0.25) is 0 Å². The van der Waals surface area contributed by atoms with E-state index in [2.05, 4.69) is 68.0 Å². The van der Waals surface area contributed by atoms with Crippen LogP contribution in [0, 0.1) is 6.42 Å². The van der Waals surface area contributed by atoms with Crippen LogP contribution in [0.2, 0.25) is 0 Å². The lowest BCUT2D eigenvalue weighted by Gasteiger charge is -2.12. The molecular formula is C24H21. The van der Waals surface area contributed by atoms with Crippen LogP contribution >= 0.6 is 0 Å². The fourth-order valence-corrected chi connectivity index (χ4v) is 4.45. The zero-order valence-corrected chi connectivity index (χ0v) is 14.1. The molecule has 0 heteroatoms. The van der Waals surface area contributed by atoms with Crippen molar-refractivity contribution in [1.29, 1.82) is 0 Å². The van der Waals surface area contributed by atoms with Gasteiger partial charge in [-0.2, -0.15) is 0 Å². The maximum atomic E-state index is 2.40. The fourth-order valence-electron chi connectivity index (χ4n) is 4.45. The molecule has 5 rings (SSSR count). The van der Waals surface area contributed by atoms with E-state index < -0.39 is 0 Å². The molecule has 0 aliphatic heterocycles. The molecule has 2 aliphatic carbocycles. The van der Waals surface area contributed by atoms with Crippen molar-refractivity contribution in [1.82, 2.24) is 0 Å². The molecule has 0 atom stereocenters. The second-order valence-electron chi connectivity index (χ2n) is 7.03. The van der Waals surface area contributed by atoms with Gasteiger partial charge < -0.3 is 0 Å². The smallest absolute Gasteiger partial charge is 0.0164 e. The molecule has 0 heterocycles. The SMILES string of the molecule is CCCC1=Cc2c(cccc2-c2ccc3c4c(cccc24)CC3)[CH]1. The molecule has 0 amide bonds. The number of rotatable bonds is 3. The van der Waals surface area contributed by atoms with Crippen LogP contribution in [0.5, 0.6) is 0 Å². The van der Waals surface area contributed by atoms with Crippen LogP contribution in [0.4, 0.5) is 0 Å². The summed E-state index contributed by atoms with van der Waals surface area (Å²) in [4.78, 5) is 0. The van der Waals surface area contributed by atoms with Gasteiger partial charge in [0.05, 0.1) is 0 Å². The minimum atomic E-state index is 1.16. The minimum Gasteiger partial charge on any atom is -0.0651 e. The first-order valence-corrected chi connectivity index (χ1v) is 9.07. The Kier molecular flexibility index (Phi) is 3.13. The Bertz CT molecular complexity index is 978. The molecule has 1 radical (unpaired) electrons. The van der Waals surface area contributed by atoms with E-state index >= 15 is 0 Å². The van der Waals surface area contributed by atoms with E-state index in [0.29, 0.717) is 0 Å². The van der Waals surface area contributed by atoms with Crippen molar-refractivity contribution in [2.45, 2.75) is 32.6 Å². The van der Waals surface area contributed by atoms with Crippen LogP contribution in [0.25, 0.3) is 28.0 Å². The molecule has 117 valence electrons. The minimum absolute atomic E-state index is 1.16. The molecule has 0 saturated carbocycles. The van der Waals surface area contributed by atoms with E-state index in [9.17, 15) is 0 Å². The first kappa shape index (κ1) is 14.0. The van der Waals surface area contributed by atoms with E-state index in [1.165, 1.54) is 69.0 Å². The molecule has 0 bridgehead atoms. The topological polar surface area (TPSA) is 0 Å². The Morgan fingerprint density at radius 2 is 1.67 bits per heavy atom. The van der Waals surface area contributed by atoms with Gasteiger partial charge in [0.2, 0.25) is 0 Å². The van der Waals surface area contributed by atoms with E-state index in [-0.39, 0.29) is 0 Å². The molecule has 0 unspecified atom stereocenters. The van der Waals surface area contributed by atoms with Gasteiger partial charge in [-0.1, -0.05) is 73.5 Å².